The summed E-state index contributed by atoms with van der Waals surface area (Å²) in [5, 5.41) is 10.1. The fourth-order valence-electron chi connectivity index (χ4n) is 5.04. The van der Waals surface area contributed by atoms with Crippen molar-refractivity contribution in [2.24, 2.45) is 0 Å². The number of anilines is 3. The molecule has 5 rings (SSSR count). The number of amides is 1. The average molecular weight is 630 g/mol. The molecule has 9 heteroatoms. The topological polar surface area (TPSA) is 79.5 Å². The Morgan fingerprint density at radius 3 is 2.42 bits per heavy atom. The normalized spacial score (nSPS) is 13.3. The van der Waals surface area contributed by atoms with Crippen molar-refractivity contribution in [3.05, 3.63) is 106 Å². The quantitative estimate of drug-likeness (QED) is 0.0739. The van der Waals surface area contributed by atoms with Crippen LogP contribution in [0.25, 0.3) is 0 Å². The second kappa shape index (κ2) is 14.7. The summed E-state index contributed by atoms with van der Waals surface area (Å²) in [6.07, 6.45) is 4.99. The van der Waals surface area contributed by atoms with Gasteiger partial charge in [0.15, 0.2) is 5.11 Å². The molecule has 3 aromatic carbocycles. The smallest absolute Gasteiger partial charge is 0.341 e. The molecule has 4 aromatic rings. The second-order valence-electron chi connectivity index (χ2n) is 10.4. The number of carbonyl (C=O) groups is 2. The lowest BCUT2D eigenvalue weighted by Gasteiger charge is -2.18. The molecule has 1 amide bonds. The van der Waals surface area contributed by atoms with Gasteiger partial charge in [-0.2, -0.15) is 0 Å². The van der Waals surface area contributed by atoms with Crippen LogP contribution in [-0.2, 0) is 22.4 Å². The third-order valence-electron chi connectivity index (χ3n) is 7.13. The van der Waals surface area contributed by atoms with E-state index in [1.54, 1.807) is 6.92 Å². The van der Waals surface area contributed by atoms with Gasteiger partial charge >= 0.3 is 5.97 Å². The molecule has 0 spiro atoms. The first-order valence-electron chi connectivity index (χ1n) is 14.5. The van der Waals surface area contributed by atoms with E-state index in [1.165, 1.54) is 33.5 Å². The Kier molecular flexibility index (Phi) is 10.5. The van der Waals surface area contributed by atoms with Crippen molar-refractivity contribution in [1.29, 1.82) is 0 Å². The number of carbonyl (C=O) groups excluding carboxylic acids is 2. The number of ether oxygens (including phenoxy) is 1. The lowest BCUT2D eigenvalue weighted by Crippen LogP contribution is -2.20. The summed E-state index contributed by atoms with van der Waals surface area (Å²) in [5.41, 5.74) is 5.33. The molecule has 0 fully saturated rings. The maximum atomic E-state index is 14.0. The molecule has 1 aliphatic carbocycles. The van der Waals surface area contributed by atoms with Crippen molar-refractivity contribution in [2.75, 3.05) is 22.6 Å². The van der Waals surface area contributed by atoms with Gasteiger partial charge in [-0.05, 0) is 93.2 Å². The first-order chi connectivity index (χ1) is 20.9. The van der Waals surface area contributed by atoms with E-state index in [-0.39, 0.29) is 18.5 Å². The predicted octanol–water partition coefficient (Wildman–Crippen LogP) is 8.78. The third-order valence-corrected chi connectivity index (χ3v) is 9.79. The van der Waals surface area contributed by atoms with Crippen LogP contribution in [0, 0.1) is 6.92 Å². The Labute approximate surface area is 266 Å². The molecule has 1 heterocycles. The number of thiophene rings is 1. The number of thiocarbonyl (C=S) groups is 1. The van der Waals surface area contributed by atoms with Gasteiger partial charge in [-0.1, -0.05) is 60.5 Å². The lowest BCUT2D eigenvalue weighted by molar-refractivity contribution is -0.115. The van der Waals surface area contributed by atoms with E-state index in [0.717, 1.165) is 59.5 Å². The molecule has 1 aromatic heterocycles. The highest BCUT2D eigenvalue weighted by atomic mass is 32.2. The summed E-state index contributed by atoms with van der Waals surface area (Å²) < 4.78 is 5.43. The molecular formula is C34H35N3O3S3. The maximum Gasteiger partial charge on any atom is 0.341 e. The molecule has 222 valence electrons. The Balaban J connectivity index is 1.37. The number of thioether (sulfide) groups is 1. The fraction of sp³-hybridized carbons (Fsp3) is 0.265. The van der Waals surface area contributed by atoms with E-state index in [2.05, 4.69) is 16.0 Å². The Morgan fingerprint density at radius 1 is 0.907 bits per heavy atom. The molecule has 1 aliphatic rings. The number of rotatable bonds is 9. The van der Waals surface area contributed by atoms with Gasteiger partial charge in [-0.3, -0.25) is 4.79 Å². The zero-order valence-corrected chi connectivity index (χ0v) is 26.7. The molecule has 0 bridgehead atoms. The third kappa shape index (κ3) is 8.04. The van der Waals surface area contributed by atoms with Crippen molar-refractivity contribution in [3.63, 3.8) is 0 Å². The molecule has 43 heavy (non-hydrogen) atoms. The number of aryl methyl sites for hydroxylation is 2. The van der Waals surface area contributed by atoms with E-state index in [9.17, 15) is 9.59 Å². The summed E-state index contributed by atoms with van der Waals surface area (Å²) in [6, 6.07) is 25.6. The van der Waals surface area contributed by atoms with Gasteiger partial charge in [-0.15, -0.1) is 23.1 Å². The summed E-state index contributed by atoms with van der Waals surface area (Å²) in [6.45, 7) is 4.13. The number of nitrogens with one attached hydrogen (secondary N) is 3. The average Bonchev–Trinajstić information content (AvgIpc) is 3.17. The Morgan fingerprint density at radius 2 is 1.65 bits per heavy atom. The highest BCUT2D eigenvalue weighted by Crippen LogP contribution is 2.41. The van der Waals surface area contributed by atoms with Crippen LogP contribution in [0.2, 0.25) is 0 Å². The van der Waals surface area contributed by atoms with Gasteiger partial charge in [0.05, 0.1) is 12.2 Å². The molecule has 1 atom stereocenters. The minimum atomic E-state index is -0.550. The van der Waals surface area contributed by atoms with Crippen molar-refractivity contribution in [3.8, 4) is 0 Å². The van der Waals surface area contributed by atoms with Crippen LogP contribution in [0.5, 0.6) is 0 Å². The number of benzene rings is 3. The summed E-state index contributed by atoms with van der Waals surface area (Å²) >= 11 is 8.51. The monoisotopic (exact) mass is 629 g/mol. The van der Waals surface area contributed by atoms with Gasteiger partial charge in [0.1, 0.15) is 10.3 Å². The van der Waals surface area contributed by atoms with Gasteiger partial charge in [0.2, 0.25) is 5.91 Å². The lowest BCUT2D eigenvalue weighted by atomic mass is 10.1. The summed E-state index contributed by atoms with van der Waals surface area (Å²) in [5.74, 6) is -0.553. The minimum Gasteiger partial charge on any atom is -0.462 e. The van der Waals surface area contributed by atoms with Crippen LogP contribution < -0.4 is 16.0 Å². The minimum absolute atomic E-state index is 0.187. The zero-order valence-electron chi connectivity index (χ0n) is 24.3. The molecule has 6 nitrogen and oxygen atoms in total. The highest BCUT2D eigenvalue weighted by molar-refractivity contribution is 8.00. The van der Waals surface area contributed by atoms with Crippen molar-refractivity contribution in [2.45, 2.75) is 56.1 Å². The van der Waals surface area contributed by atoms with Crippen molar-refractivity contribution < 1.29 is 14.3 Å². The van der Waals surface area contributed by atoms with Crippen LogP contribution >= 0.6 is 35.3 Å². The Hall–Kier alpha value is -3.66. The van der Waals surface area contributed by atoms with Crippen LogP contribution in [0.4, 0.5) is 16.4 Å². The van der Waals surface area contributed by atoms with E-state index < -0.39 is 5.25 Å². The van der Waals surface area contributed by atoms with Gasteiger partial charge in [-0.25, -0.2) is 4.79 Å². The van der Waals surface area contributed by atoms with Crippen LogP contribution in [0.1, 0.15) is 63.4 Å². The molecular weight excluding hydrogens is 595 g/mol. The Bertz CT molecular complexity index is 1590. The van der Waals surface area contributed by atoms with Crippen molar-refractivity contribution in [1.82, 2.24) is 0 Å². The second-order valence-corrected chi connectivity index (χ2v) is 13.1. The number of fused-ring (bicyclic) bond motifs is 1. The van der Waals surface area contributed by atoms with Crippen LogP contribution in [-0.4, -0.2) is 23.6 Å². The molecule has 0 radical (unpaired) electrons. The summed E-state index contributed by atoms with van der Waals surface area (Å²) in [4.78, 5) is 29.2. The molecule has 0 saturated heterocycles. The SMILES string of the molecule is CCOC(=O)c1c(NC(=O)C(Sc2cccc(NC(=S)Nc3ccc(C)cc3)c2)c2ccccc2)sc2c1CCCCC2. The van der Waals surface area contributed by atoms with Crippen molar-refractivity contribution >= 4 is 68.7 Å². The van der Waals surface area contributed by atoms with Gasteiger partial charge < -0.3 is 20.7 Å². The maximum absolute atomic E-state index is 14.0. The largest absolute Gasteiger partial charge is 0.462 e. The standard InChI is InChI=1S/C34H35N3O3S3/c1-3-40-33(39)29-27-15-8-5-9-16-28(27)43-32(29)37-31(38)30(23-11-6-4-7-12-23)42-26-14-10-13-25(21-26)36-34(41)35-24-19-17-22(2)18-20-24/h4,6-7,10-14,17-21,30H,3,5,8-9,15-16H2,1-2H3,(H,37,38)(H2,35,36,41). The van der Waals surface area contributed by atoms with Crippen LogP contribution in [0.15, 0.2) is 83.8 Å². The van der Waals surface area contributed by atoms with Crippen LogP contribution in [0.3, 0.4) is 0 Å². The first kappa shape index (κ1) is 30.8. The number of esters is 1. The number of hydrogen-bond donors (Lipinski definition) is 3. The highest BCUT2D eigenvalue weighted by Gasteiger charge is 2.29. The molecule has 1 unspecified atom stereocenters. The van der Waals surface area contributed by atoms with E-state index in [0.29, 0.717) is 15.7 Å². The van der Waals surface area contributed by atoms with Gasteiger partial charge in [0.25, 0.3) is 0 Å². The molecule has 0 saturated carbocycles. The fourth-order valence-corrected chi connectivity index (χ4v) is 7.64. The molecule has 3 N–H and O–H groups in total. The summed E-state index contributed by atoms with van der Waals surface area (Å²) in [7, 11) is 0. The van der Waals surface area contributed by atoms with E-state index >= 15 is 0 Å². The molecule has 0 aliphatic heterocycles. The zero-order chi connectivity index (χ0) is 30.2. The predicted molar refractivity (Wildman–Crippen MR) is 183 cm³/mol. The first-order valence-corrected chi connectivity index (χ1v) is 16.6. The number of hydrogen-bond acceptors (Lipinski definition) is 6. The van der Waals surface area contributed by atoms with E-state index in [1.807, 2.05) is 85.8 Å². The van der Waals surface area contributed by atoms with E-state index in [4.69, 9.17) is 17.0 Å². The van der Waals surface area contributed by atoms with Gasteiger partial charge in [0, 0.05) is 21.1 Å².